The van der Waals surface area contributed by atoms with Crippen molar-refractivity contribution in [2.45, 2.75) is 54.6 Å². The number of anilines is 1. The van der Waals surface area contributed by atoms with Gasteiger partial charge in [0.15, 0.2) is 21.5 Å². The van der Waals surface area contributed by atoms with Crippen molar-refractivity contribution in [2.24, 2.45) is 7.05 Å². The minimum atomic E-state index is -5.23. The van der Waals surface area contributed by atoms with Crippen molar-refractivity contribution >= 4 is 33.2 Å². The SMILES string of the molecule is CCS(=O)(=O)c1cc(NC(=O)C(F)(F)F)c(SC(C)(C)C)cc1-c1nnc(-c2cc(C(F)(F)F)ccn2)n1C. The van der Waals surface area contributed by atoms with Crippen LogP contribution in [0.4, 0.5) is 32.0 Å². The maximum absolute atomic E-state index is 13.2. The van der Waals surface area contributed by atoms with Gasteiger partial charge in [0, 0.05) is 28.5 Å². The molecule has 0 radical (unpaired) electrons. The number of carbonyl (C=O) groups excluding carboxylic acids is 1. The van der Waals surface area contributed by atoms with Crippen LogP contribution in [0.5, 0.6) is 0 Å². The summed E-state index contributed by atoms with van der Waals surface area (Å²) in [5, 5.41) is 9.63. The lowest BCUT2D eigenvalue weighted by molar-refractivity contribution is -0.167. The summed E-state index contributed by atoms with van der Waals surface area (Å²) in [6.45, 7) is 6.58. The average molecular weight is 596 g/mol. The molecule has 0 aliphatic heterocycles. The van der Waals surface area contributed by atoms with Crippen LogP contribution in [0.2, 0.25) is 0 Å². The van der Waals surface area contributed by atoms with Crippen molar-refractivity contribution < 1.29 is 39.6 Å². The highest BCUT2D eigenvalue weighted by Crippen LogP contribution is 2.42. The number of halogens is 6. The molecular formula is C23H23F6N5O3S2. The predicted molar refractivity (Wildman–Crippen MR) is 133 cm³/mol. The Hall–Kier alpha value is -3.14. The van der Waals surface area contributed by atoms with Crippen molar-refractivity contribution in [3.8, 4) is 22.9 Å². The Bertz CT molecular complexity index is 1510. The lowest BCUT2D eigenvalue weighted by atomic mass is 10.1. The Morgan fingerprint density at radius 3 is 2.18 bits per heavy atom. The number of sulfone groups is 1. The van der Waals surface area contributed by atoms with Crippen LogP contribution in [0.1, 0.15) is 33.3 Å². The summed E-state index contributed by atoms with van der Waals surface area (Å²) in [4.78, 5) is 15.3. The fraction of sp³-hybridized carbons (Fsp3) is 0.391. The summed E-state index contributed by atoms with van der Waals surface area (Å²) in [5.41, 5.74) is -1.62. The van der Waals surface area contributed by atoms with Gasteiger partial charge in [0.2, 0.25) is 0 Å². The molecule has 0 bridgehead atoms. The van der Waals surface area contributed by atoms with Gasteiger partial charge in [-0.15, -0.1) is 22.0 Å². The maximum atomic E-state index is 13.2. The van der Waals surface area contributed by atoms with E-state index in [-0.39, 0.29) is 33.5 Å². The molecule has 3 aromatic rings. The van der Waals surface area contributed by atoms with Crippen LogP contribution >= 0.6 is 11.8 Å². The van der Waals surface area contributed by atoms with Gasteiger partial charge in [-0.3, -0.25) is 9.78 Å². The normalized spacial score (nSPS) is 13.0. The highest BCUT2D eigenvalue weighted by atomic mass is 32.2. The van der Waals surface area contributed by atoms with E-state index in [2.05, 4.69) is 15.2 Å². The molecule has 8 nitrogen and oxygen atoms in total. The third kappa shape index (κ3) is 6.90. The fourth-order valence-corrected chi connectivity index (χ4v) is 5.52. The van der Waals surface area contributed by atoms with E-state index in [0.717, 1.165) is 36.2 Å². The van der Waals surface area contributed by atoms with Crippen LogP contribution in [0.25, 0.3) is 22.9 Å². The molecule has 0 saturated carbocycles. The summed E-state index contributed by atoms with van der Waals surface area (Å²) in [6, 6.07) is 3.71. The topological polar surface area (TPSA) is 107 Å². The molecule has 0 saturated heterocycles. The van der Waals surface area contributed by atoms with E-state index < -0.39 is 49.1 Å². The zero-order valence-corrected chi connectivity index (χ0v) is 22.8. The largest absolute Gasteiger partial charge is 0.471 e. The third-order valence-corrected chi connectivity index (χ3v) is 8.09. The second kappa shape index (κ2) is 10.4. The molecule has 0 spiro atoms. The van der Waals surface area contributed by atoms with E-state index in [0.29, 0.717) is 0 Å². The number of pyridine rings is 1. The Labute approximate surface area is 224 Å². The Kier molecular flexibility index (Phi) is 8.14. The molecule has 39 heavy (non-hydrogen) atoms. The number of benzene rings is 1. The van der Waals surface area contributed by atoms with E-state index in [9.17, 15) is 39.6 Å². The number of carbonyl (C=O) groups is 1. The van der Waals surface area contributed by atoms with Gasteiger partial charge in [0.25, 0.3) is 0 Å². The molecule has 2 heterocycles. The predicted octanol–water partition coefficient (Wildman–Crippen LogP) is 5.75. The van der Waals surface area contributed by atoms with Gasteiger partial charge in [-0.1, -0.05) is 27.7 Å². The van der Waals surface area contributed by atoms with Crippen molar-refractivity contribution in [3.63, 3.8) is 0 Å². The molecule has 1 N–H and O–H groups in total. The van der Waals surface area contributed by atoms with Crippen LogP contribution in [0, 0.1) is 0 Å². The molecule has 1 amide bonds. The molecule has 0 atom stereocenters. The molecule has 16 heteroatoms. The van der Waals surface area contributed by atoms with Crippen LogP contribution < -0.4 is 5.32 Å². The molecule has 0 aliphatic rings. The number of amides is 1. The number of nitrogens with one attached hydrogen (secondary N) is 1. The maximum Gasteiger partial charge on any atom is 0.471 e. The lowest BCUT2D eigenvalue weighted by Crippen LogP contribution is -2.30. The first-order chi connectivity index (χ1) is 17.7. The molecule has 212 valence electrons. The van der Waals surface area contributed by atoms with Gasteiger partial charge in [-0.2, -0.15) is 26.3 Å². The van der Waals surface area contributed by atoms with Crippen molar-refractivity contribution in [1.82, 2.24) is 19.7 Å². The smallest absolute Gasteiger partial charge is 0.317 e. The highest BCUT2D eigenvalue weighted by Gasteiger charge is 2.39. The summed E-state index contributed by atoms with van der Waals surface area (Å²) in [7, 11) is -2.74. The van der Waals surface area contributed by atoms with E-state index >= 15 is 0 Å². The van der Waals surface area contributed by atoms with Crippen molar-refractivity contribution in [1.29, 1.82) is 0 Å². The van der Waals surface area contributed by atoms with Crippen molar-refractivity contribution in [2.75, 3.05) is 11.1 Å². The van der Waals surface area contributed by atoms with E-state index in [1.54, 1.807) is 26.1 Å². The molecule has 0 unspecified atom stereocenters. The Balaban J connectivity index is 2.29. The van der Waals surface area contributed by atoms with Crippen LogP contribution in [0.15, 0.2) is 40.3 Å². The van der Waals surface area contributed by atoms with E-state index in [1.807, 2.05) is 0 Å². The number of aromatic nitrogens is 4. The van der Waals surface area contributed by atoms with Gasteiger partial charge >= 0.3 is 18.3 Å². The first kappa shape index (κ1) is 30.4. The summed E-state index contributed by atoms with van der Waals surface area (Å²) in [5.74, 6) is -2.95. The van der Waals surface area contributed by atoms with Crippen molar-refractivity contribution in [3.05, 3.63) is 36.0 Å². The quantitative estimate of drug-likeness (QED) is 0.286. The lowest BCUT2D eigenvalue weighted by Gasteiger charge is -2.22. The number of nitrogens with zero attached hydrogens (tertiary/aromatic N) is 4. The average Bonchev–Trinajstić information content (AvgIpc) is 3.18. The molecule has 1 aromatic carbocycles. The number of alkyl halides is 6. The minimum absolute atomic E-state index is 0.0677. The molecule has 2 aromatic heterocycles. The van der Waals surface area contributed by atoms with Gasteiger partial charge in [-0.25, -0.2) is 8.42 Å². The number of thioether (sulfide) groups is 1. The second-order valence-corrected chi connectivity index (χ2v) is 13.4. The van der Waals surface area contributed by atoms with Gasteiger partial charge in [-0.05, 0) is 24.3 Å². The van der Waals surface area contributed by atoms with Gasteiger partial charge in [0.1, 0.15) is 5.69 Å². The van der Waals surface area contributed by atoms with Crippen LogP contribution in [-0.2, 0) is 27.9 Å². The third-order valence-electron chi connectivity index (χ3n) is 5.15. The number of rotatable bonds is 6. The summed E-state index contributed by atoms with van der Waals surface area (Å²) >= 11 is 1.06. The minimum Gasteiger partial charge on any atom is -0.317 e. The Morgan fingerprint density at radius 1 is 1.03 bits per heavy atom. The fourth-order valence-electron chi connectivity index (χ4n) is 3.37. The van der Waals surface area contributed by atoms with Crippen LogP contribution in [0.3, 0.4) is 0 Å². The first-order valence-electron chi connectivity index (χ1n) is 11.2. The molecule has 0 fully saturated rings. The van der Waals surface area contributed by atoms with Gasteiger partial charge in [0.05, 0.1) is 21.9 Å². The van der Waals surface area contributed by atoms with E-state index in [4.69, 9.17) is 0 Å². The zero-order chi connectivity index (χ0) is 29.6. The molecular weight excluding hydrogens is 572 g/mol. The van der Waals surface area contributed by atoms with Gasteiger partial charge < -0.3 is 9.88 Å². The molecule has 0 aliphatic carbocycles. The van der Waals surface area contributed by atoms with Crippen LogP contribution in [-0.4, -0.2) is 50.7 Å². The monoisotopic (exact) mass is 595 g/mol. The highest BCUT2D eigenvalue weighted by molar-refractivity contribution is 8.00. The zero-order valence-electron chi connectivity index (χ0n) is 21.2. The number of hydrogen-bond acceptors (Lipinski definition) is 7. The number of hydrogen-bond donors (Lipinski definition) is 1. The summed E-state index contributed by atoms with van der Waals surface area (Å²) in [6.07, 6.45) is -8.95. The molecule has 3 rings (SSSR count). The van der Waals surface area contributed by atoms with E-state index in [1.165, 1.54) is 24.6 Å². The first-order valence-corrected chi connectivity index (χ1v) is 13.6. The standard InChI is InChI=1S/C23H23F6N5O3S2/c1-6-39(36,37)17-11-14(31-20(35)23(27,28)29)16(38-21(2,3)4)10-13(17)18-32-33-19(34(18)5)15-9-12(7-8-30-15)22(24,25)26/h7-11H,6H2,1-5H3,(H,31,35). The Morgan fingerprint density at radius 2 is 1.64 bits per heavy atom. The summed E-state index contributed by atoms with van der Waals surface area (Å²) < 4.78 is 105. The second-order valence-electron chi connectivity index (χ2n) is 9.25.